The minimum absolute atomic E-state index is 0.124. The van der Waals surface area contributed by atoms with Crippen molar-refractivity contribution in [2.45, 2.75) is 38.6 Å². The summed E-state index contributed by atoms with van der Waals surface area (Å²) in [7, 11) is 0. The van der Waals surface area contributed by atoms with Gasteiger partial charge in [0.2, 0.25) is 5.60 Å². The molecule has 0 radical (unpaired) electrons. The van der Waals surface area contributed by atoms with Crippen molar-refractivity contribution in [2.75, 3.05) is 0 Å². The maximum absolute atomic E-state index is 13.3. The molecule has 1 N–H and O–H groups in total. The number of pyridine rings is 1. The van der Waals surface area contributed by atoms with Gasteiger partial charge in [0.25, 0.3) is 0 Å². The third kappa shape index (κ3) is 4.17. The Balaban J connectivity index is 1.71. The topological polar surface area (TPSA) is 87.6 Å². The van der Waals surface area contributed by atoms with Gasteiger partial charge in [-0.15, -0.1) is 5.10 Å². The summed E-state index contributed by atoms with van der Waals surface area (Å²) in [6.07, 6.45) is -4.35. The molecular weight excluding hydrogens is 431 g/mol. The number of benzene rings is 2. The number of hydrogen-bond donors (Lipinski definition) is 1. The van der Waals surface area contributed by atoms with Crippen LogP contribution in [0.3, 0.4) is 0 Å². The lowest BCUT2D eigenvalue weighted by atomic mass is 9.96. The van der Waals surface area contributed by atoms with Crippen molar-refractivity contribution in [1.29, 1.82) is 5.26 Å². The first kappa shape index (κ1) is 22.4. The quantitative estimate of drug-likeness (QED) is 0.467. The molecule has 0 spiro atoms. The number of rotatable bonds is 5. The van der Waals surface area contributed by atoms with E-state index in [1.807, 2.05) is 43.3 Å². The Morgan fingerprint density at radius 3 is 2.45 bits per heavy atom. The van der Waals surface area contributed by atoms with Gasteiger partial charge in [0.15, 0.2) is 0 Å². The van der Waals surface area contributed by atoms with Crippen molar-refractivity contribution < 1.29 is 18.3 Å². The summed E-state index contributed by atoms with van der Waals surface area (Å²) in [6.45, 7) is 3.35. The first-order valence-electron chi connectivity index (χ1n) is 10.2. The Hall–Kier alpha value is -3.77. The number of aryl methyl sites for hydroxylation is 1. The summed E-state index contributed by atoms with van der Waals surface area (Å²) >= 11 is 0. The molecular formula is C24H20F3N5O. The Morgan fingerprint density at radius 1 is 1.09 bits per heavy atom. The van der Waals surface area contributed by atoms with Crippen LogP contribution < -0.4 is 0 Å². The molecule has 0 aliphatic rings. The van der Waals surface area contributed by atoms with Crippen LogP contribution in [-0.4, -0.2) is 31.3 Å². The highest BCUT2D eigenvalue weighted by atomic mass is 19.4. The second-order valence-electron chi connectivity index (χ2n) is 7.90. The van der Waals surface area contributed by atoms with Crippen LogP contribution in [0.1, 0.15) is 35.9 Å². The third-order valence-electron chi connectivity index (χ3n) is 5.64. The summed E-state index contributed by atoms with van der Waals surface area (Å²) < 4.78 is 41.2. The van der Waals surface area contributed by atoms with E-state index >= 15 is 0 Å². The van der Waals surface area contributed by atoms with Gasteiger partial charge < -0.3 is 5.11 Å². The SMILES string of the molecule is CC[C@](O)(c1cn(Cc2ccc3c(-c4ccc(C)cc4)cc(C#N)nc3c2)nn1)C(F)(F)F. The molecule has 0 unspecified atom stereocenters. The number of hydrogen-bond acceptors (Lipinski definition) is 5. The summed E-state index contributed by atoms with van der Waals surface area (Å²) in [5.41, 5.74) is 0.884. The molecule has 2 aromatic heterocycles. The van der Waals surface area contributed by atoms with Gasteiger partial charge in [0.05, 0.1) is 18.3 Å². The van der Waals surface area contributed by atoms with E-state index in [-0.39, 0.29) is 12.2 Å². The third-order valence-corrected chi connectivity index (χ3v) is 5.64. The highest BCUT2D eigenvalue weighted by Gasteiger charge is 2.55. The maximum Gasteiger partial charge on any atom is 0.423 e. The van der Waals surface area contributed by atoms with Crippen LogP contribution in [0.4, 0.5) is 13.2 Å². The van der Waals surface area contributed by atoms with Crippen molar-refractivity contribution in [2.24, 2.45) is 0 Å². The standard InChI is InChI=1S/C24H20F3N5O/c1-3-23(33,24(25,26)27)22-14-32(31-30-22)13-16-6-9-19-20(17-7-4-15(2)5-8-17)11-18(12-28)29-21(19)10-16/h4-11,14,33H,3,13H2,1-2H3/t23-/m0/s1. The predicted molar refractivity (Wildman–Crippen MR) is 116 cm³/mol. The van der Waals surface area contributed by atoms with Crippen LogP contribution in [0.5, 0.6) is 0 Å². The Labute approximate surface area is 187 Å². The van der Waals surface area contributed by atoms with Crippen LogP contribution in [0, 0.1) is 18.3 Å². The molecule has 0 saturated heterocycles. The molecule has 2 aromatic carbocycles. The zero-order chi connectivity index (χ0) is 23.8. The molecule has 0 saturated carbocycles. The first-order valence-corrected chi connectivity index (χ1v) is 10.2. The molecule has 0 amide bonds. The van der Waals surface area contributed by atoms with E-state index in [4.69, 9.17) is 0 Å². The summed E-state index contributed by atoms with van der Waals surface area (Å²) in [5.74, 6) is 0. The molecule has 0 bridgehead atoms. The number of alkyl halides is 3. The van der Waals surface area contributed by atoms with E-state index in [0.717, 1.165) is 28.3 Å². The Morgan fingerprint density at radius 2 is 1.82 bits per heavy atom. The van der Waals surface area contributed by atoms with Gasteiger partial charge in [0.1, 0.15) is 17.5 Å². The molecule has 2 heterocycles. The lowest BCUT2D eigenvalue weighted by molar-refractivity contribution is -0.269. The van der Waals surface area contributed by atoms with Crippen molar-refractivity contribution in [3.8, 4) is 17.2 Å². The highest BCUT2D eigenvalue weighted by molar-refractivity contribution is 5.95. The van der Waals surface area contributed by atoms with E-state index < -0.39 is 23.9 Å². The number of aliphatic hydroxyl groups is 1. The van der Waals surface area contributed by atoms with Gasteiger partial charge in [-0.25, -0.2) is 9.67 Å². The first-order chi connectivity index (χ1) is 15.6. The average molecular weight is 451 g/mol. The van der Waals surface area contributed by atoms with E-state index in [9.17, 15) is 23.5 Å². The van der Waals surface area contributed by atoms with E-state index in [1.54, 1.807) is 12.1 Å². The number of halogens is 3. The minimum atomic E-state index is -4.87. The van der Waals surface area contributed by atoms with E-state index in [0.29, 0.717) is 11.1 Å². The fourth-order valence-electron chi connectivity index (χ4n) is 3.68. The average Bonchev–Trinajstić information content (AvgIpc) is 3.26. The van der Waals surface area contributed by atoms with Crippen LogP contribution >= 0.6 is 0 Å². The fourth-order valence-corrected chi connectivity index (χ4v) is 3.68. The molecule has 0 aliphatic carbocycles. The van der Waals surface area contributed by atoms with Gasteiger partial charge in [-0.05, 0) is 42.2 Å². The molecule has 1 atom stereocenters. The van der Waals surface area contributed by atoms with Crippen molar-refractivity contribution in [1.82, 2.24) is 20.0 Å². The van der Waals surface area contributed by atoms with Gasteiger partial charge in [-0.2, -0.15) is 18.4 Å². The van der Waals surface area contributed by atoms with E-state index in [1.165, 1.54) is 11.6 Å². The second kappa shape index (κ2) is 8.30. The fraction of sp³-hybridized carbons (Fsp3) is 0.250. The normalized spacial score (nSPS) is 13.6. The summed E-state index contributed by atoms with van der Waals surface area (Å²) in [4.78, 5) is 4.39. The zero-order valence-corrected chi connectivity index (χ0v) is 17.9. The van der Waals surface area contributed by atoms with Crippen molar-refractivity contribution in [3.63, 3.8) is 0 Å². The van der Waals surface area contributed by atoms with Gasteiger partial charge in [0, 0.05) is 5.39 Å². The van der Waals surface area contributed by atoms with Gasteiger partial charge in [-0.3, -0.25) is 0 Å². The van der Waals surface area contributed by atoms with Crippen LogP contribution in [0.15, 0.2) is 54.7 Å². The van der Waals surface area contributed by atoms with Gasteiger partial charge in [-0.1, -0.05) is 54.1 Å². The number of nitrogens with zero attached hydrogens (tertiary/aromatic N) is 5. The van der Waals surface area contributed by atoms with Crippen LogP contribution in [0.2, 0.25) is 0 Å². The smallest absolute Gasteiger partial charge is 0.375 e. The molecule has 168 valence electrons. The lowest BCUT2D eigenvalue weighted by Crippen LogP contribution is -2.42. The minimum Gasteiger partial charge on any atom is -0.375 e. The monoisotopic (exact) mass is 451 g/mol. The summed E-state index contributed by atoms with van der Waals surface area (Å²) in [6, 6.07) is 17.2. The molecule has 9 heteroatoms. The molecule has 6 nitrogen and oxygen atoms in total. The summed E-state index contributed by atoms with van der Waals surface area (Å²) in [5, 5.41) is 27.7. The molecule has 0 fully saturated rings. The number of aromatic nitrogens is 4. The van der Waals surface area contributed by atoms with Crippen molar-refractivity contribution >= 4 is 10.9 Å². The lowest BCUT2D eigenvalue weighted by Gasteiger charge is -2.26. The molecule has 33 heavy (non-hydrogen) atoms. The molecule has 4 aromatic rings. The number of fused-ring (bicyclic) bond motifs is 1. The second-order valence-corrected chi connectivity index (χ2v) is 7.90. The zero-order valence-electron chi connectivity index (χ0n) is 17.9. The highest BCUT2D eigenvalue weighted by Crippen LogP contribution is 2.40. The van der Waals surface area contributed by atoms with Crippen LogP contribution in [-0.2, 0) is 12.1 Å². The van der Waals surface area contributed by atoms with Gasteiger partial charge >= 0.3 is 6.18 Å². The Kier molecular flexibility index (Phi) is 5.64. The van der Waals surface area contributed by atoms with Crippen LogP contribution in [0.25, 0.3) is 22.0 Å². The predicted octanol–water partition coefficient (Wildman–Crippen LogP) is 4.88. The molecule has 0 aliphatic heterocycles. The van der Waals surface area contributed by atoms with E-state index in [2.05, 4.69) is 21.4 Å². The van der Waals surface area contributed by atoms with Crippen molar-refractivity contribution in [3.05, 3.63) is 77.2 Å². The number of nitriles is 1. The largest absolute Gasteiger partial charge is 0.423 e. The Bertz CT molecular complexity index is 1360. The molecule has 4 rings (SSSR count). The maximum atomic E-state index is 13.3.